The summed E-state index contributed by atoms with van der Waals surface area (Å²) in [5.74, 6) is -0.948. The maximum absolute atomic E-state index is 13.2. The van der Waals surface area contributed by atoms with Gasteiger partial charge in [-0.05, 0) is 71.7 Å². The van der Waals surface area contributed by atoms with Crippen molar-refractivity contribution in [3.05, 3.63) is 117 Å². The van der Waals surface area contributed by atoms with Crippen LogP contribution in [0.2, 0.25) is 5.02 Å². The van der Waals surface area contributed by atoms with E-state index in [2.05, 4.69) is 0 Å². The number of rotatable bonds is 6. The fourth-order valence-corrected chi connectivity index (χ4v) is 3.75. The average molecular weight is 487 g/mol. The molecule has 0 bridgehead atoms. The van der Waals surface area contributed by atoms with Crippen molar-refractivity contribution >= 4 is 29.5 Å². The van der Waals surface area contributed by atoms with Gasteiger partial charge in [0.1, 0.15) is 29.8 Å². The fourth-order valence-electron chi connectivity index (χ4n) is 3.62. The second kappa shape index (κ2) is 10.4. The van der Waals surface area contributed by atoms with Gasteiger partial charge < -0.3 is 4.74 Å². The number of hydrogen-bond acceptors (Lipinski definition) is 4. The van der Waals surface area contributed by atoms with E-state index in [4.69, 9.17) is 16.3 Å². The maximum Gasteiger partial charge on any atom is 0.271 e. The first-order valence-electron chi connectivity index (χ1n) is 10.8. The summed E-state index contributed by atoms with van der Waals surface area (Å²) in [4.78, 5) is 27.0. The second-order valence-corrected chi connectivity index (χ2v) is 8.41. The number of amides is 2. The van der Waals surface area contributed by atoms with Gasteiger partial charge in [0.2, 0.25) is 0 Å². The lowest BCUT2D eigenvalue weighted by Gasteiger charge is -2.27. The van der Waals surface area contributed by atoms with Crippen LogP contribution in [0.5, 0.6) is 5.75 Å². The summed E-state index contributed by atoms with van der Waals surface area (Å²) in [6, 6.07) is 21.9. The van der Waals surface area contributed by atoms with Crippen LogP contribution < -0.4 is 4.74 Å². The molecule has 0 fully saturated rings. The predicted octanol–water partition coefficient (Wildman–Crippen LogP) is 5.85. The predicted molar refractivity (Wildman–Crippen MR) is 130 cm³/mol. The van der Waals surface area contributed by atoms with E-state index in [-0.39, 0.29) is 17.7 Å². The molecule has 0 radical (unpaired) electrons. The standard InChI is InChI=1S/C28H20ClFN2O3/c1-18-25(14-19-6-12-24(13-7-19)35-17-21-2-8-22(29)9-3-21)27(33)32(28(34)26(18)15-31)16-20-4-10-23(30)11-5-20/h2-14H,16-17H2,1H3/b25-14+. The Morgan fingerprint density at radius 3 is 2.20 bits per heavy atom. The highest BCUT2D eigenvalue weighted by Gasteiger charge is 2.35. The molecule has 1 aliphatic rings. The normalized spacial score (nSPS) is 14.9. The van der Waals surface area contributed by atoms with E-state index in [0.29, 0.717) is 34.1 Å². The van der Waals surface area contributed by atoms with Gasteiger partial charge in [-0.3, -0.25) is 14.5 Å². The van der Waals surface area contributed by atoms with Crippen molar-refractivity contribution < 1.29 is 18.7 Å². The number of carbonyl (C=O) groups is 2. The fraction of sp³-hybridized carbons (Fsp3) is 0.107. The minimum Gasteiger partial charge on any atom is -0.489 e. The number of carbonyl (C=O) groups excluding carboxylic acids is 2. The molecule has 1 heterocycles. The molecule has 0 saturated heterocycles. The SMILES string of the molecule is CC1=C(C#N)C(=O)N(Cc2ccc(F)cc2)C(=O)/C1=C/c1ccc(OCc2ccc(Cl)cc2)cc1. The molecule has 7 heteroatoms. The lowest BCUT2D eigenvalue weighted by atomic mass is 9.93. The molecule has 0 aromatic heterocycles. The number of imide groups is 1. The molecule has 0 unspecified atom stereocenters. The Bertz CT molecular complexity index is 1370. The number of ether oxygens (including phenoxy) is 1. The Hall–Kier alpha value is -4.21. The Labute approximate surface area is 207 Å². The molecule has 2 amide bonds. The molecule has 0 atom stereocenters. The van der Waals surface area contributed by atoms with Crippen LogP contribution in [-0.2, 0) is 22.7 Å². The average Bonchev–Trinajstić information content (AvgIpc) is 2.86. The van der Waals surface area contributed by atoms with Gasteiger partial charge in [0, 0.05) is 10.6 Å². The van der Waals surface area contributed by atoms with Crippen molar-refractivity contribution in [2.75, 3.05) is 0 Å². The lowest BCUT2D eigenvalue weighted by Crippen LogP contribution is -2.42. The first-order chi connectivity index (χ1) is 16.9. The number of halogens is 2. The van der Waals surface area contributed by atoms with Crippen molar-refractivity contribution in [3.8, 4) is 11.8 Å². The van der Waals surface area contributed by atoms with Gasteiger partial charge in [-0.2, -0.15) is 5.26 Å². The Kier molecular flexibility index (Phi) is 7.09. The lowest BCUT2D eigenvalue weighted by molar-refractivity contribution is -0.141. The highest BCUT2D eigenvalue weighted by Crippen LogP contribution is 2.28. The Morgan fingerprint density at radius 1 is 0.943 bits per heavy atom. The molecule has 0 aliphatic carbocycles. The smallest absolute Gasteiger partial charge is 0.271 e. The largest absolute Gasteiger partial charge is 0.489 e. The highest BCUT2D eigenvalue weighted by atomic mass is 35.5. The molecule has 0 N–H and O–H groups in total. The molecule has 1 aliphatic heterocycles. The van der Waals surface area contributed by atoms with Gasteiger partial charge in [-0.15, -0.1) is 0 Å². The molecule has 35 heavy (non-hydrogen) atoms. The zero-order chi connectivity index (χ0) is 24.9. The third kappa shape index (κ3) is 5.48. The van der Waals surface area contributed by atoms with Crippen LogP contribution in [0, 0.1) is 17.1 Å². The quantitative estimate of drug-likeness (QED) is 0.323. The minimum absolute atomic E-state index is 0.0643. The Balaban J connectivity index is 1.55. The number of hydrogen-bond donors (Lipinski definition) is 0. The van der Waals surface area contributed by atoms with E-state index in [0.717, 1.165) is 10.5 Å². The van der Waals surface area contributed by atoms with Crippen molar-refractivity contribution in [1.29, 1.82) is 5.26 Å². The van der Waals surface area contributed by atoms with Gasteiger partial charge in [0.15, 0.2) is 0 Å². The van der Waals surface area contributed by atoms with Crippen LogP contribution in [0.15, 0.2) is 89.5 Å². The molecular weight excluding hydrogens is 467 g/mol. The van der Waals surface area contributed by atoms with E-state index in [1.54, 1.807) is 49.4 Å². The second-order valence-electron chi connectivity index (χ2n) is 7.98. The first-order valence-corrected chi connectivity index (χ1v) is 11.1. The van der Waals surface area contributed by atoms with E-state index in [1.165, 1.54) is 24.3 Å². The summed E-state index contributed by atoms with van der Waals surface area (Å²) < 4.78 is 19.0. The number of nitriles is 1. The third-order valence-electron chi connectivity index (χ3n) is 5.59. The van der Waals surface area contributed by atoms with Gasteiger partial charge >= 0.3 is 0 Å². The number of benzene rings is 3. The van der Waals surface area contributed by atoms with Crippen molar-refractivity contribution in [1.82, 2.24) is 4.90 Å². The van der Waals surface area contributed by atoms with Crippen LogP contribution in [-0.4, -0.2) is 16.7 Å². The topological polar surface area (TPSA) is 70.4 Å². The molecule has 5 nitrogen and oxygen atoms in total. The summed E-state index contributed by atoms with van der Waals surface area (Å²) in [6.07, 6.45) is 1.64. The summed E-state index contributed by atoms with van der Waals surface area (Å²) in [6.45, 7) is 1.90. The summed E-state index contributed by atoms with van der Waals surface area (Å²) in [7, 11) is 0. The molecule has 0 saturated carbocycles. The third-order valence-corrected chi connectivity index (χ3v) is 5.84. The van der Waals surface area contributed by atoms with Crippen LogP contribution in [0.1, 0.15) is 23.6 Å². The van der Waals surface area contributed by atoms with Crippen molar-refractivity contribution in [2.24, 2.45) is 0 Å². The van der Waals surface area contributed by atoms with Gasteiger partial charge in [0.25, 0.3) is 11.8 Å². The molecule has 4 rings (SSSR count). The Morgan fingerprint density at radius 2 is 1.57 bits per heavy atom. The zero-order valence-electron chi connectivity index (χ0n) is 18.8. The number of nitrogens with zero attached hydrogens (tertiary/aromatic N) is 2. The molecule has 174 valence electrons. The summed E-state index contributed by atoms with van der Waals surface area (Å²) in [5.41, 5.74) is 2.73. The van der Waals surface area contributed by atoms with Gasteiger partial charge in [-0.25, -0.2) is 4.39 Å². The van der Waals surface area contributed by atoms with Gasteiger partial charge in [0.05, 0.1) is 6.54 Å². The van der Waals surface area contributed by atoms with Crippen LogP contribution in [0.25, 0.3) is 6.08 Å². The minimum atomic E-state index is -0.664. The summed E-state index contributed by atoms with van der Waals surface area (Å²) >= 11 is 5.90. The molecular formula is C28H20ClFN2O3. The van der Waals surface area contributed by atoms with Crippen LogP contribution in [0.3, 0.4) is 0 Å². The molecule has 0 spiro atoms. The molecule has 3 aromatic rings. The summed E-state index contributed by atoms with van der Waals surface area (Å²) in [5, 5.41) is 10.2. The van der Waals surface area contributed by atoms with Gasteiger partial charge in [-0.1, -0.05) is 48.0 Å². The van der Waals surface area contributed by atoms with E-state index >= 15 is 0 Å². The van der Waals surface area contributed by atoms with Crippen LogP contribution >= 0.6 is 11.6 Å². The van der Waals surface area contributed by atoms with Crippen LogP contribution in [0.4, 0.5) is 4.39 Å². The molecule has 3 aromatic carbocycles. The monoisotopic (exact) mass is 486 g/mol. The van der Waals surface area contributed by atoms with E-state index < -0.39 is 17.6 Å². The first kappa shape index (κ1) is 23.9. The maximum atomic E-state index is 13.2. The van der Waals surface area contributed by atoms with Crippen molar-refractivity contribution in [2.45, 2.75) is 20.1 Å². The zero-order valence-corrected chi connectivity index (χ0v) is 19.6. The van der Waals surface area contributed by atoms with E-state index in [9.17, 15) is 19.2 Å². The van der Waals surface area contributed by atoms with E-state index in [1.807, 2.05) is 18.2 Å². The highest BCUT2D eigenvalue weighted by molar-refractivity contribution is 6.30. The van der Waals surface area contributed by atoms with Crippen molar-refractivity contribution in [3.63, 3.8) is 0 Å².